The van der Waals surface area contributed by atoms with E-state index in [1.807, 2.05) is 60.4 Å². The lowest BCUT2D eigenvalue weighted by Crippen LogP contribution is -2.52. The van der Waals surface area contributed by atoms with Crippen molar-refractivity contribution in [1.82, 2.24) is 4.90 Å². The minimum atomic E-state index is -0.888. The molecule has 2 fully saturated rings. The summed E-state index contributed by atoms with van der Waals surface area (Å²) in [6, 6.07) is 15.4. The summed E-state index contributed by atoms with van der Waals surface area (Å²) in [5, 5.41) is 3.67. The van der Waals surface area contributed by atoms with Gasteiger partial charge < -0.3 is 15.1 Å². The molecule has 0 radical (unpaired) electrons. The van der Waals surface area contributed by atoms with Gasteiger partial charge in [0.05, 0.1) is 0 Å². The topological polar surface area (TPSA) is 52.7 Å². The molecule has 5 nitrogen and oxygen atoms in total. The largest absolute Gasteiger partial charge is 0.368 e. The van der Waals surface area contributed by atoms with Crippen LogP contribution in [0, 0.1) is 12.3 Å². The number of para-hydroxylation sites is 1. The molecule has 1 aliphatic heterocycles. The molecular weight excluding hydrogens is 374 g/mol. The van der Waals surface area contributed by atoms with Crippen molar-refractivity contribution in [3.05, 3.63) is 59.1 Å². The van der Waals surface area contributed by atoms with Crippen LogP contribution >= 0.6 is 11.6 Å². The van der Waals surface area contributed by atoms with Crippen molar-refractivity contribution in [3.63, 3.8) is 0 Å². The second kappa shape index (κ2) is 7.47. The van der Waals surface area contributed by atoms with E-state index in [0.29, 0.717) is 31.0 Å². The minimum Gasteiger partial charge on any atom is -0.368 e. The van der Waals surface area contributed by atoms with Crippen molar-refractivity contribution >= 4 is 34.8 Å². The van der Waals surface area contributed by atoms with Crippen LogP contribution in [0.2, 0.25) is 5.02 Å². The number of carbonyl (C=O) groups excluding carboxylic acids is 2. The first-order chi connectivity index (χ1) is 13.5. The SMILES string of the molecule is Cc1ccccc1NC(=O)C1(C(=O)N2CCN(c3cccc(Cl)c3)CC2)CC1. The lowest BCUT2D eigenvalue weighted by Gasteiger charge is -2.37. The number of piperazine rings is 1. The number of aryl methyl sites for hydroxylation is 1. The number of hydrogen-bond donors (Lipinski definition) is 1. The molecule has 2 amide bonds. The molecule has 0 spiro atoms. The first kappa shape index (κ1) is 18.8. The zero-order valence-corrected chi connectivity index (χ0v) is 16.7. The van der Waals surface area contributed by atoms with Gasteiger partial charge in [-0.05, 0) is 49.6 Å². The Hall–Kier alpha value is -2.53. The van der Waals surface area contributed by atoms with Crippen LogP contribution in [0.5, 0.6) is 0 Å². The van der Waals surface area contributed by atoms with Crippen molar-refractivity contribution in [1.29, 1.82) is 0 Å². The maximum Gasteiger partial charge on any atom is 0.240 e. The van der Waals surface area contributed by atoms with Gasteiger partial charge in [-0.25, -0.2) is 0 Å². The Morgan fingerprint density at radius 2 is 1.71 bits per heavy atom. The van der Waals surface area contributed by atoms with E-state index in [1.165, 1.54) is 0 Å². The fraction of sp³-hybridized carbons (Fsp3) is 0.364. The molecule has 146 valence electrons. The minimum absolute atomic E-state index is 0.0377. The predicted octanol–water partition coefficient (Wildman–Crippen LogP) is 3.72. The van der Waals surface area contributed by atoms with Crippen LogP contribution in [0.15, 0.2) is 48.5 Å². The Bertz CT molecular complexity index is 902. The second-order valence-electron chi connectivity index (χ2n) is 7.61. The number of rotatable bonds is 4. The van der Waals surface area contributed by atoms with Gasteiger partial charge in [0.2, 0.25) is 11.8 Å². The Morgan fingerprint density at radius 1 is 1.00 bits per heavy atom. The van der Waals surface area contributed by atoms with Gasteiger partial charge in [0.1, 0.15) is 5.41 Å². The molecule has 0 atom stereocenters. The number of anilines is 2. The normalized spacial score (nSPS) is 17.9. The number of nitrogens with one attached hydrogen (secondary N) is 1. The lowest BCUT2D eigenvalue weighted by atomic mass is 10.0. The molecule has 2 aromatic rings. The highest BCUT2D eigenvalue weighted by molar-refractivity contribution is 6.30. The zero-order chi connectivity index (χ0) is 19.7. The highest BCUT2D eigenvalue weighted by Crippen LogP contribution is 2.48. The molecular formula is C22H24ClN3O2. The highest BCUT2D eigenvalue weighted by Gasteiger charge is 2.58. The van der Waals surface area contributed by atoms with Crippen LogP contribution in [0.4, 0.5) is 11.4 Å². The van der Waals surface area contributed by atoms with E-state index in [1.54, 1.807) is 0 Å². The van der Waals surface area contributed by atoms with Crippen LogP contribution in [0.3, 0.4) is 0 Å². The van der Waals surface area contributed by atoms with Crippen LogP contribution in [-0.4, -0.2) is 42.9 Å². The molecule has 1 saturated heterocycles. The summed E-state index contributed by atoms with van der Waals surface area (Å²) in [6.07, 6.45) is 1.25. The summed E-state index contributed by atoms with van der Waals surface area (Å²) in [6.45, 7) is 4.66. The number of hydrogen-bond acceptors (Lipinski definition) is 3. The molecule has 1 heterocycles. The maximum absolute atomic E-state index is 13.1. The third-order valence-corrected chi connectivity index (χ3v) is 5.96. The first-order valence-corrected chi connectivity index (χ1v) is 10.0. The van der Waals surface area contributed by atoms with Gasteiger partial charge in [-0.1, -0.05) is 35.9 Å². The number of halogens is 1. The van der Waals surface area contributed by atoms with E-state index >= 15 is 0 Å². The smallest absolute Gasteiger partial charge is 0.240 e. The van der Waals surface area contributed by atoms with Gasteiger partial charge in [-0.2, -0.15) is 0 Å². The van der Waals surface area contributed by atoms with Crippen LogP contribution in [0.25, 0.3) is 0 Å². The molecule has 1 N–H and O–H groups in total. The molecule has 0 unspecified atom stereocenters. The van der Waals surface area contributed by atoms with Gasteiger partial charge in [0, 0.05) is 42.6 Å². The quantitative estimate of drug-likeness (QED) is 0.800. The third-order valence-electron chi connectivity index (χ3n) is 5.73. The second-order valence-corrected chi connectivity index (χ2v) is 8.05. The van der Waals surface area contributed by atoms with Gasteiger partial charge in [-0.15, -0.1) is 0 Å². The summed E-state index contributed by atoms with van der Waals surface area (Å²) < 4.78 is 0. The standard InChI is InChI=1S/C22H24ClN3O2/c1-16-5-2-3-8-19(16)24-20(27)22(9-10-22)21(28)26-13-11-25(12-14-26)18-7-4-6-17(23)15-18/h2-8,15H,9-14H2,1H3,(H,24,27). The number of amides is 2. The zero-order valence-electron chi connectivity index (χ0n) is 16.0. The van der Waals surface area contributed by atoms with Crippen molar-refractivity contribution in [2.45, 2.75) is 19.8 Å². The first-order valence-electron chi connectivity index (χ1n) is 9.67. The monoisotopic (exact) mass is 397 g/mol. The average Bonchev–Trinajstić information content (AvgIpc) is 3.51. The van der Waals surface area contributed by atoms with Crippen molar-refractivity contribution in [2.75, 3.05) is 36.4 Å². The van der Waals surface area contributed by atoms with Crippen LogP contribution < -0.4 is 10.2 Å². The van der Waals surface area contributed by atoms with E-state index in [9.17, 15) is 9.59 Å². The summed E-state index contributed by atoms with van der Waals surface area (Å²) in [5.74, 6) is -0.214. The average molecular weight is 398 g/mol. The van der Waals surface area contributed by atoms with Crippen LogP contribution in [-0.2, 0) is 9.59 Å². The Balaban J connectivity index is 1.39. The molecule has 1 saturated carbocycles. The Labute approximate surface area is 170 Å². The summed E-state index contributed by atoms with van der Waals surface area (Å²) >= 11 is 6.09. The number of carbonyl (C=O) groups is 2. The summed E-state index contributed by atoms with van der Waals surface area (Å²) in [4.78, 5) is 30.1. The van der Waals surface area contributed by atoms with E-state index in [4.69, 9.17) is 11.6 Å². The molecule has 28 heavy (non-hydrogen) atoms. The molecule has 2 aliphatic rings. The number of nitrogens with zero attached hydrogens (tertiary/aromatic N) is 2. The molecule has 4 rings (SSSR count). The van der Waals surface area contributed by atoms with Crippen LogP contribution in [0.1, 0.15) is 18.4 Å². The van der Waals surface area contributed by atoms with Gasteiger partial charge in [0.15, 0.2) is 0 Å². The maximum atomic E-state index is 13.1. The molecule has 6 heteroatoms. The van der Waals surface area contributed by atoms with E-state index in [0.717, 1.165) is 30.0 Å². The predicted molar refractivity (Wildman–Crippen MR) is 112 cm³/mol. The summed E-state index contributed by atoms with van der Waals surface area (Å²) in [5.41, 5.74) is 1.95. The van der Waals surface area contributed by atoms with Gasteiger partial charge in [-0.3, -0.25) is 9.59 Å². The van der Waals surface area contributed by atoms with E-state index in [2.05, 4.69) is 10.2 Å². The van der Waals surface area contributed by atoms with Crippen molar-refractivity contribution < 1.29 is 9.59 Å². The number of benzene rings is 2. The molecule has 0 aromatic heterocycles. The summed E-state index contributed by atoms with van der Waals surface area (Å²) in [7, 11) is 0. The fourth-order valence-corrected chi connectivity index (χ4v) is 3.95. The van der Waals surface area contributed by atoms with E-state index < -0.39 is 5.41 Å². The molecule has 0 bridgehead atoms. The Kier molecular flexibility index (Phi) is 5.02. The van der Waals surface area contributed by atoms with E-state index in [-0.39, 0.29) is 11.8 Å². The highest BCUT2D eigenvalue weighted by atomic mass is 35.5. The molecule has 1 aliphatic carbocycles. The third kappa shape index (κ3) is 3.59. The van der Waals surface area contributed by atoms with Gasteiger partial charge in [0.25, 0.3) is 0 Å². The van der Waals surface area contributed by atoms with Crippen molar-refractivity contribution in [2.24, 2.45) is 5.41 Å². The van der Waals surface area contributed by atoms with Gasteiger partial charge >= 0.3 is 0 Å². The Morgan fingerprint density at radius 3 is 2.36 bits per heavy atom. The fourth-order valence-electron chi connectivity index (χ4n) is 3.76. The molecule has 2 aromatic carbocycles. The lowest BCUT2D eigenvalue weighted by molar-refractivity contribution is -0.142. The van der Waals surface area contributed by atoms with Crippen molar-refractivity contribution in [3.8, 4) is 0 Å².